The molecule has 0 bridgehead atoms. The number of terminal acetylenes is 1. The van der Waals surface area contributed by atoms with E-state index in [9.17, 15) is 0 Å². The highest BCUT2D eigenvalue weighted by Crippen LogP contribution is 2.17. The molecule has 2 aromatic rings. The van der Waals surface area contributed by atoms with Gasteiger partial charge in [-0.2, -0.15) is 0 Å². The van der Waals surface area contributed by atoms with E-state index in [-0.39, 0.29) is 0 Å². The topological polar surface area (TPSA) is 17.3 Å². The van der Waals surface area contributed by atoms with Gasteiger partial charge in [-0.15, -0.1) is 6.42 Å². The number of fused-ring (bicyclic) bond motifs is 1. The van der Waals surface area contributed by atoms with E-state index in [1.165, 1.54) is 0 Å². The van der Waals surface area contributed by atoms with Crippen molar-refractivity contribution in [3.63, 3.8) is 0 Å². The van der Waals surface area contributed by atoms with E-state index in [0.29, 0.717) is 5.75 Å². The minimum Gasteiger partial charge on any atom is -0.295 e. The van der Waals surface area contributed by atoms with Crippen LogP contribution in [0.5, 0.6) is 0 Å². The molecule has 0 atom stereocenters. The summed E-state index contributed by atoms with van der Waals surface area (Å²) >= 11 is 1.57. The van der Waals surface area contributed by atoms with E-state index in [2.05, 4.69) is 10.9 Å². The number of nitrogens with zero attached hydrogens (tertiary/aromatic N) is 2. The Morgan fingerprint density at radius 2 is 2.46 bits per heavy atom. The first-order valence-electron chi connectivity index (χ1n) is 3.90. The maximum absolute atomic E-state index is 5.18. The summed E-state index contributed by atoms with van der Waals surface area (Å²) in [5.41, 5.74) is 1.10. The van der Waals surface area contributed by atoms with Gasteiger partial charge in [0.2, 0.25) is 0 Å². The fourth-order valence-corrected chi connectivity index (χ4v) is 1.78. The number of hydrogen-bond donors (Lipinski definition) is 0. The summed E-state index contributed by atoms with van der Waals surface area (Å²) < 4.78 is 2.03. The van der Waals surface area contributed by atoms with Crippen molar-refractivity contribution in [1.29, 1.82) is 0 Å². The van der Waals surface area contributed by atoms with E-state index in [0.717, 1.165) is 10.7 Å². The zero-order chi connectivity index (χ0) is 9.10. The molecular formula is C10H8N2S. The maximum atomic E-state index is 5.18. The first-order valence-corrected chi connectivity index (χ1v) is 4.89. The van der Waals surface area contributed by atoms with Gasteiger partial charge in [0.15, 0.2) is 5.16 Å². The maximum Gasteiger partial charge on any atom is 0.173 e. The summed E-state index contributed by atoms with van der Waals surface area (Å²) in [4.78, 5) is 4.26. The van der Waals surface area contributed by atoms with Gasteiger partial charge in [0.05, 0.1) is 17.5 Å². The third-order valence-electron chi connectivity index (χ3n) is 1.69. The van der Waals surface area contributed by atoms with Gasteiger partial charge in [0, 0.05) is 6.20 Å². The number of aromatic nitrogens is 2. The first-order chi connectivity index (χ1) is 6.42. The van der Waals surface area contributed by atoms with Crippen molar-refractivity contribution in [3.05, 3.63) is 30.6 Å². The molecule has 0 aliphatic rings. The van der Waals surface area contributed by atoms with Crippen LogP contribution in [0.1, 0.15) is 0 Å². The Morgan fingerprint density at radius 3 is 3.31 bits per heavy atom. The van der Waals surface area contributed by atoms with Crippen LogP contribution >= 0.6 is 11.8 Å². The molecule has 0 radical (unpaired) electrons. The average molecular weight is 188 g/mol. The molecule has 0 unspecified atom stereocenters. The van der Waals surface area contributed by atoms with Crippen LogP contribution < -0.4 is 0 Å². The van der Waals surface area contributed by atoms with Gasteiger partial charge in [0.25, 0.3) is 0 Å². The molecule has 2 nitrogen and oxygen atoms in total. The lowest BCUT2D eigenvalue weighted by atomic mass is 10.4. The van der Waals surface area contributed by atoms with E-state index in [1.807, 2.05) is 35.0 Å². The van der Waals surface area contributed by atoms with Crippen LogP contribution in [0, 0.1) is 12.3 Å². The third-order valence-corrected chi connectivity index (χ3v) is 2.56. The number of imidazole rings is 1. The van der Waals surface area contributed by atoms with E-state index in [1.54, 1.807) is 11.8 Å². The van der Waals surface area contributed by atoms with Crippen molar-refractivity contribution in [2.45, 2.75) is 5.16 Å². The minimum absolute atomic E-state index is 0.661. The molecule has 0 spiro atoms. The monoisotopic (exact) mass is 188 g/mol. The smallest absolute Gasteiger partial charge is 0.173 e. The first kappa shape index (κ1) is 8.21. The number of rotatable bonds is 2. The third kappa shape index (κ3) is 1.53. The Morgan fingerprint density at radius 1 is 1.54 bits per heavy atom. The summed E-state index contributed by atoms with van der Waals surface area (Å²) in [6.07, 6.45) is 9.01. The van der Waals surface area contributed by atoms with Gasteiger partial charge in [0.1, 0.15) is 0 Å². The predicted molar refractivity (Wildman–Crippen MR) is 54.7 cm³/mol. The fourth-order valence-electron chi connectivity index (χ4n) is 1.13. The number of pyridine rings is 1. The zero-order valence-corrected chi connectivity index (χ0v) is 7.79. The Kier molecular flexibility index (Phi) is 2.24. The van der Waals surface area contributed by atoms with Gasteiger partial charge >= 0.3 is 0 Å². The molecule has 0 aliphatic carbocycles. The van der Waals surface area contributed by atoms with E-state index in [4.69, 9.17) is 6.42 Å². The van der Waals surface area contributed by atoms with Crippen molar-refractivity contribution < 1.29 is 0 Å². The lowest BCUT2D eigenvalue weighted by Gasteiger charge is -1.96. The quantitative estimate of drug-likeness (QED) is 0.530. The molecule has 3 heteroatoms. The van der Waals surface area contributed by atoms with Crippen LogP contribution in [-0.4, -0.2) is 15.1 Å². The molecule has 13 heavy (non-hydrogen) atoms. The molecule has 0 aromatic carbocycles. The second-order valence-electron chi connectivity index (χ2n) is 2.53. The SMILES string of the molecule is C#CCSc1ncc2ccccn12. The second-order valence-corrected chi connectivity index (χ2v) is 3.47. The summed E-state index contributed by atoms with van der Waals surface area (Å²) in [5.74, 6) is 3.24. The van der Waals surface area contributed by atoms with Crippen LogP contribution in [0.15, 0.2) is 35.7 Å². The highest BCUT2D eigenvalue weighted by Gasteiger charge is 2.00. The Labute approximate surface area is 81.0 Å². The van der Waals surface area contributed by atoms with Crippen LogP contribution in [0.4, 0.5) is 0 Å². The standard InChI is InChI=1S/C10H8N2S/c1-2-7-13-10-11-8-9-5-3-4-6-12(9)10/h1,3-6,8H,7H2. The average Bonchev–Trinajstić information content (AvgIpc) is 2.58. The second kappa shape index (κ2) is 3.55. The lowest BCUT2D eigenvalue weighted by molar-refractivity contribution is 0.960. The molecule has 2 aromatic heterocycles. The molecule has 0 saturated carbocycles. The van der Waals surface area contributed by atoms with Crippen molar-refractivity contribution >= 4 is 17.3 Å². The molecule has 0 amide bonds. The highest BCUT2D eigenvalue weighted by atomic mass is 32.2. The van der Waals surface area contributed by atoms with Crippen LogP contribution in [0.3, 0.4) is 0 Å². The predicted octanol–water partition coefficient (Wildman–Crippen LogP) is 2.06. The minimum atomic E-state index is 0.661. The molecular weight excluding hydrogens is 180 g/mol. The van der Waals surface area contributed by atoms with Crippen molar-refractivity contribution in [1.82, 2.24) is 9.38 Å². The summed E-state index contributed by atoms with van der Waals surface area (Å²) in [6, 6.07) is 5.99. The summed E-state index contributed by atoms with van der Waals surface area (Å²) in [7, 11) is 0. The molecule has 0 saturated heterocycles. The zero-order valence-electron chi connectivity index (χ0n) is 6.97. The van der Waals surface area contributed by atoms with Crippen LogP contribution in [-0.2, 0) is 0 Å². The van der Waals surface area contributed by atoms with Gasteiger partial charge in [-0.3, -0.25) is 4.40 Å². The van der Waals surface area contributed by atoms with E-state index < -0.39 is 0 Å². The van der Waals surface area contributed by atoms with Crippen molar-refractivity contribution in [2.75, 3.05) is 5.75 Å². The van der Waals surface area contributed by atoms with Crippen LogP contribution in [0.2, 0.25) is 0 Å². The van der Waals surface area contributed by atoms with Gasteiger partial charge in [-0.1, -0.05) is 23.7 Å². The van der Waals surface area contributed by atoms with Crippen LogP contribution in [0.25, 0.3) is 5.52 Å². The number of thioether (sulfide) groups is 1. The van der Waals surface area contributed by atoms with Gasteiger partial charge < -0.3 is 0 Å². The summed E-state index contributed by atoms with van der Waals surface area (Å²) in [6.45, 7) is 0. The molecule has 2 rings (SSSR count). The lowest BCUT2D eigenvalue weighted by Crippen LogP contribution is -1.85. The Hall–Kier alpha value is -1.40. The molecule has 0 fully saturated rings. The number of hydrogen-bond acceptors (Lipinski definition) is 2. The van der Waals surface area contributed by atoms with Gasteiger partial charge in [-0.05, 0) is 12.1 Å². The molecule has 0 aliphatic heterocycles. The van der Waals surface area contributed by atoms with E-state index >= 15 is 0 Å². The molecule has 2 heterocycles. The summed E-state index contributed by atoms with van der Waals surface area (Å²) in [5, 5.41) is 0.952. The Bertz CT molecular complexity index is 453. The molecule has 0 N–H and O–H groups in total. The van der Waals surface area contributed by atoms with Gasteiger partial charge in [-0.25, -0.2) is 4.98 Å². The normalized spacial score (nSPS) is 10.1. The molecule has 64 valence electrons. The highest BCUT2D eigenvalue weighted by molar-refractivity contribution is 7.99. The Balaban J connectivity index is 2.41. The largest absolute Gasteiger partial charge is 0.295 e. The fraction of sp³-hybridized carbons (Fsp3) is 0.100. The van der Waals surface area contributed by atoms with Crippen molar-refractivity contribution in [3.8, 4) is 12.3 Å². The van der Waals surface area contributed by atoms with Crippen molar-refractivity contribution in [2.24, 2.45) is 0 Å².